The molecule has 0 saturated heterocycles. The molecule has 0 aromatic carbocycles. The molecule has 1 saturated carbocycles. The molecule has 0 radical (unpaired) electrons. The Morgan fingerprint density at radius 2 is 2.18 bits per heavy atom. The van der Waals surface area contributed by atoms with E-state index < -0.39 is 5.60 Å². The highest BCUT2D eigenvalue weighted by molar-refractivity contribution is 5.01. The summed E-state index contributed by atoms with van der Waals surface area (Å²) in [6, 6.07) is 0. The molecule has 1 N–H and O–H groups in total. The summed E-state index contributed by atoms with van der Waals surface area (Å²) in [7, 11) is 0. The van der Waals surface area contributed by atoms with Gasteiger partial charge in [0.15, 0.2) is 0 Å². The molecular weight excluding hydrogens is 136 g/mol. The van der Waals surface area contributed by atoms with E-state index in [0.29, 0.717) is 5.92 Å². The molecule has 1 aliphatic carbocycles. The van der Waals surface area contributed by atoms with Crippen LogP contribution < -0.4 is 0 Å². The minimum absolute atomic E-state index is 0.378. The van der Waals surface area contributed by atoms with Crippen molar-refractivity contribution in [2.24, 2.45) is 11.8 Å². The molecule has 0 spiro atoms. The monoisotopic (exact) mass is 154 g/mol. The maximum absolute atomic E-state index is 9.95. The van der Waals surface area contributed by atoms with Gasteiger partial charge in [-0.05, 0) is 31.1 Å². The van der Waals surface area contributed by atoms with Gasteiger partial charge in [-0.1, -0.05) is 19.9 Å². The number of hydrogen-bond donors (Lipinski definition) is 1. The lowest BCUT2D eigenvalue weighted by Crippen LogP contribution is -2.38. The van der Waals surface area contributed by atoms with Gasteiger partial charge in [0.25, 0.3) is 0 Å². The smallest absolute Gasteiger partial charge is 0.0850 e. The molecule has 0 bridgehead atoms. The van der Waals surface area contributed by atoms with Crippen LogP contribution in [0.15, 0.2) is 12.7 Å². The van der Waals surface area contributed by atoms with Gasteiger partial charge in [0.2, 0.25) is 0 Å². The first kappa shape index (κ1) is 8.79. The Hall–Kier alpha value is -0.300. The molecule has 0 heterocycles. The minimum atomic E-state index is -0.577. The Kier molecular flexibility index (Phi) is 2.38. The van der Waals surface area contributed by atoms with E-state index in [1.54, 1.807) is 6.08 Å². The zero-order chi connectivity index (χ0) is 8.48. The third kappa shape index (κ3) is 1.64. The molecule has 1 aliphatic rings. The van der Waals surface area contributed by atoms with Gasteiger partial charge in [0, 0.05) is 0 Å². The second-order valence-corrected chi connectivity index (χ2v) is 3.98. The molecule has 1 rings (SSSR count). The van der Waals surface area contributed by atoms with Gasteiger partial charge in [-0.25, -0.2) is 0 Å². The van der Waals surface area contributed by atoms with Crippen molar-refractivity contribution in [3.8, 4) is 0 Å². The summed E-state index contributed by atoms with van der Waals surface area (Å²) in [5.41, 5.74) is -0.577. The lowest BCUT2D eigenvalue weighted by atomic mass is 9.72. The highest BCUT2D eigenvalue weighted by Crippen LogP contribution is 2.37. The molecule has 1 heteroatoms. The van der Waals surface area contributed by atoms with Crippen LogP contribution in [0.25, 0.3) is 0 Å². The molecule has 0 aromatic rings. The van der Waals surface area contributed by atoms with Gasteiger partial charge in [0.1, 0.15) is 0 Å². The number of rotatable bonds is 1. The summed E-state index contributed by atoms with van der Waals surface area (Å²) >= 11 is 0. The molecular formula is C10H18O. The molecule has 1 nitrogen and oxygen atoms in total. The second kappa shape index (κ2) is 2.98. The van der Waals surface area contributed by atoms with Crippen LogP contribution in [-0.4, -0.2) is 10.7 Å². The SMILES string of the molecule is C=CC1(O)CCC(C)CC1C. The minimum Gasteiger partial charge on any atom is -0.386 e. The Balaban J connectivity index is 2.63. The van der Waals surface area contributed by atoms with Crippen LogP contribution in [0.2, 0.25) is 0 Å². The Morgan fingerprint density at radius 1 is 1.55 bits per heavy atom. The fraction of sp³-hybridized carbons (Fsp3) is 0.800. The number of hydrogen-bond acceptors (Lipinski definition) is 1. The molecule has 3 atom stereocenters. The van der Waals surface area contributed by atoms with Gasteiger partial charge < -0.3 is 5.11 Å². The highest BCUT2D eigenvalue weighted by atomic mass is 16.3. The highest BCUT2D eigenvalue weighted by Gasteiger charge is 2.35. The van der Waals surface area contributed by atoms with Crippen molar-refractivity contribution in [1.29, 1.82) is 0 Å². The summed E-state index contributed by atoms with van der Waals surface area (Å²) in [6.45, 7) is 8.04. The first-order valence-corrected chi connectivity index (χ1v) is 4.44. The van der Waals surface area contributed by atoms with Crippen LogP contribution in [0.3, 0.4) is 0 Å². The predicted octanol–water partition coefficient (Wildman–Crippen LogP) is 2.36. The molecule has 0 aromatic heterocycles. The molecule has 11 heavy (non-hydrogen) atoms. The van der Waals surface area contributed by atoms with Gasteiger partial charge in [-0.15, -0.1) is 6.58 Å². The Morgan fingerprint density at radius 3 is 2.64 bits per heavy atom. The largest absolute Gasteiger partial charge is 0.386 e. The summed E-state index contributed by atoms with van der Waals surface area (Å²) in [4.78, 5) is 0. The van der Waals surface area contributed by atoms with Crippen molar-refractivity contribution < 1.29 is 5.11 Å². The van der Waals surface area contributed by atoms with E-state index in [2.05, 4.69) is 20.4 Å². The van der Waals surface area contributed by atoms with E-state index in [-0.39, 0.29) is 0 Å². The van der Waals surface area contributed by atoms with Crippen LogP contribution in [0.1, 0.15) is 33.1 Å². The average molecular weight is 154 g/mol. The van der Waals surface area contributed by atoms with E-state index in [9.17, 15) is 5.11 Å². The first-order valence-electron chi connectivity index (χ1n) is 4.44. The van der Waals surface area contributed by atoms with E-state index in [1.807, 2.05) is 0 Å². The molecule has 3 unspecified atom stereocenters. The van der Waals surface area contributed by atoms with Crippen LogP contribution in [0.4, 0.5) is 0 Å². The molecule has 0 amide bonds. The average Bonchev–Trinajstić information content (AvgIpc) is 1.98. The van der Waals surface area contributed by atoms with E-state index >= 15 is 0 Å². The Labute approximate surface area is 69.1 Å². The van der Waals surface area contributed by atoms with Gasteiger partial charge in [0.05, 0.1) is 5.60 Å². The van der Waals surface area contributed by atoms with Gasteiger partial charge in [-0.2, -0.15) is 0 Å². The van der Waals surface area contributed by atoms with E-state index in [4.69, 9.17) is 0 Å². The first-order chi connectivity index (χ1) is 5.08. The van der Waals surface area contributed by atoms with Crippen molar-refractivity contribution in [3.63, 3.8) is 0 Å². The van der Waals surface area contributed by atoms with Crippen LogP contribution in [0.5, 0.6) is 0 Å². The predicted molar refractivity (Wildman–Crippen MR) is 47.3 cm³/mol. The van der Waals surface area contributed by atoms with Crippen molar-refractivity contribution >= 4 is 0 Å². The topological polar surface area (TPSA) is 20.2 Å². The van der Waals surface area contributed by atoms with Crippen molar-refractivity contribution in [3.05, 3.63) is 12.7 Å². The van der Waals surface area contributed by atoms with E-state index in [1.165, 1.54) is 0 Å². The lowest BCUT2D eigenvalue weighted by Gasteiger charge is -2.38. The summed E-state index contributed by atoms with van der Waals surface area (Å²) in [6.07, 6.45) is 4.86. The fourth-order valence-electron chi connectivity index (χ4n) is 1.95. The third-order valence-corrected chi connectivity index (χ3v) is 3.00. The van der Waals surface area contributed by atoms with Crippen LogP contribution in [-0.2, 0) is 0 Å². The molecule has 0 aliphatic heterocycles. The fourth-order valence-corrected chi connectivity index (χ4v) is 1.95. The van der Waals surface area contributed by atoms with Crippen molar-refractivity contribution in [2.75, 3.05) is 0 Å². The third-order valence-electron chi connectivity index (χ3n) is 3.00. The maximum Gasteiger partial charge on any atom is 0.0850 e. The second-order valence-electron chi connectivity index (χ2n) is 3.98. The van der Waals surface area contributed by atoms with Gasteiger partial charge >= 0.3 is 0 Å². The summed E-state index contributed by atoms with van der Waals surface area (Å²) < 4.78 is 0. The van der Waals surface area contributed by atoms with Crippen LogP contribution in [0, 0.1) is 11.8 Å². The summed E-state index contributed by atoms with van der Waals surface area (Å²) in [5.74, 6) is 1.15. The van der Waals surface area contributed by atoms with Crippen LogP contribution >= 0.6 is 0 Å². The quantitative estimate of drug-likeness (QED) is 0.575. The Bertz CT molecular complexity index is 153. The summed E-state index contributed by atoms with van der Waals surface area (Å²) in [5, 5.41) is 9.95. The van der Waals surface area contributed by atoms with Crippen molar-refractivity contribution in [1.82, 2.24) is 0 Å². The maximum atomic E-state index is 9.95. The lowest BCUT2D eigenvalue weighted by molar-refractivity contribution is -0.0102. The van der Waals surface area contributed by atoms with Crippen molar-refractivity contribution in [2.45, 2.75) is 38.7 Å². The zero-order valence-corrected chi connectivity index (χ0v) is 7.51. The normalized spacial score (nSPS) is 45.4. The number of aliphatic hydroxyl groups is 1. The van der Waals surface area contributed by atoms with Gasteiger partial charge in [-0.3, -0.25) is 0 Å². The molecule has 64 valence electrons. The molecule has 1 fully saturated rings. The van der Waals surface area contributed by atoms with E-state index in [0.717, 1.165) is 25.2 Å². The zero-order valence-electron chi connectivity index (χ0n) is 7.51. The standard InChI is InChI=1S/C10H18O/c1-4-10(11)6-5-8(2)7-9(10)3/h4,8-9,11H,1,5-7H2,2-3H3.